The molecule has 1 saturated heterocycles. The molecule has 4 atom stereocenters. The highest BCUT2D eigenvalue weighted by atomic mass is 35.5. The second-order valence-electron chi connectivity index (χ2n) is 11.1. The van der Waals surface area contributed by atoms with Gasteiger partial charge in [-0.15, -0.1) is 0 Å². The number of para-hydroxylation sites is 1. The quantitative estimate of drug-likeness (QED) is 0.254. The minimum atomic E-state index is -3.45. The van der Waals surface area contributed by atoms with E-state index < -0.39 is 31.6 Å². The number of nitrogens with zero attached hydrogens (tertiary/aromatic N) is 2. The SMILES string of the molecule is C[C@@H]1[C@@H]([Si](C)(C)F)[C@H](CC(=O)N(CCO)Cc2ccccc2)O[C@@]12C(=O)N(c1ccccc1)c1ccc(Cl)cc12. The molecule has 0 saturated carbocycles. The maximum Gasteiger partial charge on any atom is 0.268 e. The molecular formula is C31H34ClFN2O4Si. The van der Waals surface area contributed by atoms with Gasteiger partial charge in [0.05, 0.1) is 24.8 Å². The van der Waals surface area contributed by atoms with Crippen molar-refractivity contribution in [3.8, 4) is 0 Å². The Morgan fingerprint density at radius 1 is 1.10 bits per heavy atom. The molecule has 5 rings (SSSR count). The molecule has 0 aromatic heterocycles. The zero-order valence-corrected chi connectivity index (χ0v) is 24.6. The molecule has 0 aliphatic carbocycles. The number of carbonyl (C=O) groups is 2. The number of carbonyl (C=O) groups excluding carboxylic acids is 2. The fraction of sp³-hybridized carbons (Fsp3) is 0.355. The van der Waals surface area contributed by atoms with E-state index in [0.29, 0.717) is 28.5 Å². The fourth-order valence-corrected chi connectivity index (χ4v) is 9.16. The van der Waals surface area contributed by atoms with Gasteiger partial charge in [0.15, 0.2) is 5.60 Å². The lowest BCUT2D eigenvalue weighted by atomic mass is 9.82. The summed E-state index contributed by atoms with van der Waals surface area (Å²) in [6, 6.07) is 24.0. The standard InChI is InChI=1S/C31H34ClFN2O4Si/c1-21-29(40(2,3)33)27(19-28(37)34(16-17-36)20-22-10-6-4-7-11-22)39-31(21)25-18-23(32)14-15-26(25)35(30(31)38)24-12-8-5-9-13-24/h4-15,18,21,27,29,36H,16-17,19-20H2,1-3H3/t21-,27+,29-,31+/m1/s1. The van der Waals surface area contributed by atoms with Crippen LogP contribution in [0.15, 0.2) is 78.9 Å². The van der Waals surface area contributed by atoms with Gasteiger partial charge in [0.1, 0.15) is 0 Å². The molecule has 3 aromatic carbocycles. The summed E-state index contributed by atoms with van der Waals surface area (Å²) in [5, 5.41) is 10.1. The van der Waals surface area contributed by atoms with Gasteiger partial charge in [0.2, 0.25) is 14.3 Å². The Kier molecular flexibility index (Phi) is 7.89. The van der Waals surface area contributed by atoms with E-state index in [1.54, 1.807) is 41.1 Å². The number of amides is 2. The van der Waals surface area contributed by atoms with E-state index >= 15 is 4.11 Å². The Bertz CT molecular complexity index is 1390. The van der Waals surface area contributed by atoms with Gasteiger partial charge in [-0.3, -0.25) is 14.5 Å². The van der Waals surface area contributed by atoms with E-state index in [-0.39, 0.29) is 31.4 Å². The largest absolute Gasteiger partial charge is 0.395 e. The van der Waals surface area contributed by atoms with Crippen molar-refractivity contribution in [1.82, 2.24) is 4.90 Å². The molecule has 2 aliphatic rings. The number of aliphatic hydroxyl groups excluding tert-OH is 1. The number of aliphatic hydroxyl groups is 1. The third-order valence-electron chi connectivity index (χ3n) is 8.16. The molecular weight excluding hydrogens is 547 g/mol. The Morgan fingerprint density at radius 2 is 1.75 bits per heavy atom. The van der Waals surface area contributed by atoms with E-state index in [4.69, 9.17) is 16.3 Å². The Morgan fingerprint density at radius 3 is 2.38 bits per heavy atom. The number of benzene rings is 3. The van der Waals surface area contributed by atoms with Crippen LogP contribution in [0.25, 0.3) is 0 Å². The number of fused-ring (bicyclic) bond motifs is 2. The summed E-state index contributed by atoms with van der Waals surface area (Å²) in [5.41, 5.74) is 0.720. The maximum atomic E-state index is 16.1. The molecule has 2 amide bonds. The second-order valence-corrected chi connectivity index (χ2v) is 15.4. The molecule has 1 fully saturated rings. The van der Waals surface area contributed by atoms with E-state index in [9.17, 15) is 14.7 Å². The summed E-state index contributed by atoms with van der Waals surface area (Å²) in [6.07, 6.45) is -0.920. The first-order valence-electron chi connectivity index (χ1n) is 13.6. The molecule has 210 valence electrons. The number of hydrogen-bond acceptors (Lipinski definition) is 4. The second kappa shape index (κ2) is 11.1. The van der Waals surface area contributed by atoms with Gasteiger partial charge in [-0.2, -0.15) is 0 Å². The van der Waals surface area contributed by atoms with Crippen LogP contribution in [0.1, 0.15) is 24.5 Å². The lowest BCUT2D eigenvalue weighted by Crippen LogP contribution is -2.44. The van der Waals surface area contributed by atoms with Gasteiger partial charge >= 0.3 is 0 Å². The van der Waals surface area contributed by atoms with Gasteiger partial charge in [-0.05, 0) is 49.0 Å². The van der Waals surface area contributed by atoms with E-state index in [2.05, 4.69) is 0 Å². The fourth-order valence-electron chi connectivity index (χ4n) is 6.50. The van der Waals surface area contributed by atoms with Crippen LogP contribution in [0, 0.1) is 5.92 Å². The minimum absolute atomic E-state index is 0.0988. The zero-order chi connectivity index (χ0) is 28.7. The first-order valence-corrected chi connectivity index (χ1v) is 16.9. The van der Waals surface area contributed by atoms with Crippen molar-refractivity contribution in [3.63, 3.8) is 0 Å². The smallest absolute Gasteiger partial charge is 0.268 e. The van der Waals surface area contributed by atoms with Crippen LogP contribution in [0.2, 0.25) is 23.7 Å². The van der Waals surface area contributed by atoms with Gasteiger partial charge in [-0.1, -0.05) is 67.1 Å². The van der Waals surface area contributed by atoms with Crippen molar-refractivity contribution in [3.05, 3.63) is 95.0 Å². The molecule has 1 N–H and O–H groups in total. The van der Waals surface area contributed by atoms with E-state index in [1.807, 2.05) is 67.6 Å². The Labute approximate surface area is 240 Å². The normalized spacial score (nSPS) is 24.0. The summed E-state index contributed by atoms with van der Waals surface area (Å²) in [7, 11) is -3.45. The topological polar surface area (TPSA) is 70.1 Å². The lowest BCUT2D eigenvalue weighted by Gasteiger charge is -2.31. The minimum Gasteiger partial charge on any atom is -0.395 e. The molecule has 6 nitrogen and oxygen atoms in total. The number of anilines is 2. The molecule has 2 heterocycles. The average molecular weight is 581 g/mol. The molecule has 9 heteroatoms. The molecule has 2 aliphatic heterocycles. The maximum absolute atomic E-state index is 16.1. The molecule has 1 spiro atoms. The zero-order valence-electron chi connectivity index (χ0n) is 22.9. The molecule has 3 aromatic rings. The molecule has 40 heavy (non-hydrogen) atoms. The Hall–Kier alpha value is -3.04. The van der Waals surface area contributed by atoms with Crippen molar-refractivity contribution >= 4 is 43.2 Å². The highest BCUT2D eigenvalue weighted by Crippen LogP contribution is 2.61. The molecule has 0 radical (unpaired) electrons. The Balaban J connectivity index is 1.53. The van der Waals surface area contributed by atoms with Crippen LogP contribution < -0.4 is 4.90 Å². The first kappa shape index (κ1) is 28.5. The van der Waals surface area contributed by atoms with E-state index in [0.717, 1.165) is 5.56 Å². The summed E-state index contributed by atoms with van der Waals surface area (Å²) >= 11 is 6.44. The monoisotopic (exact) mass is 580 g/mol. The van der Waals surface area contributed by atoms with Gasteiger partial charge in [-0.25, -0.2) is 0 Å². The van der Waals surface area contributed by atoms with Crippen molar-refractivity contribution < 1.29 is 23.5 Å². The predicted octanol–water partition coefficient (Wildman–Crippen LogP) is 6.20. The average Bonchev–Trinajstić information content (AvgIpc) is 3.35. The van der Waals surface area contributed by atoms with Crippen LogP contribution in [0.4, 0.5) is 15.5 Å². The molecule has 0 unspecified atom stereocenters. The number of hydrogen-bond donors (Lipinski definition) is 1. The number of rotatable bonds is 8. The summed E-state index contributed by atoms with van der Waals surface area (Å²) in [6.45, 7) is 5.33. The lowest BCUT2D eigenvalue weighted by molar-refractivity contribution is -0.149. The summed E-state index contributed by atoms with van der Waals surface area (Å²) in [5.74, 6) is -1.11. The first-order chi connectivity index (χ1) is 19.1. The summed E-state index contributed by atoms with van der Waals surface area (Å²) < 4.78 is 22.8. The third-order valence-corrected chi connectivity index (χ3v) is 10.9. The van der Waals surface area contributed by atoms with Gasteiger partial charge < -0.3 is 18.9 Å². The van der Waals surface area contributed by atoms with Crippen LogP contribution in [-0.4, -0.2) is 49.5 Å². The predicted molar refractivity (Wildman–Crippen MR) is 157 cm³/mol. The van der Waals surface area contributed by atoms with Crippen molar-refractivity contribution in [2.24, 2.45) is 5.92 Å². The van der Waals surface area contributed by atoms with Crippen LogP contribution in [0.3, 0.4) is 0 Å². The van der Waals surface area contributed by atoms with Gasteiger partial charge in [0.25, 0.3) is 5.91 Å². The van der Waals surface area contributed by atoms with Crippen molar-refractivity contribution in [1.29, 1.82) is 0 Å². The number of ether oxygens (including phenoxy) is 1. The van der Waals surface area contributed by atoms with Crippen LogP contribution >= 0.6 is 11.6 Å². The summed E-state index contributed by atoms with van der Waals surface area (Å²) in [4.78, 5) is 31.2. The molecule has 0 bridgehead atoms. The van der Waals surface area contributed by atoms with Crippen LogP contribution in [0.5, 0.6) is 0 Å². The highest BCUT2D eigenvalue weighted by molar-refractivity contribution is 6.72. The van der Waals surface area contributed by atoms with Crippen molar-refractivity contribution in [2.45, 2.75) is 50.2 Å². The van der Waals surface area contributed by atoms with Crippen molar-refractivity contribution in [2.75, 3.05) is 18.1 Å². The van der Waals surface area contributed by atoms with Gasteiger partial charge in [0, 0.05) is 40.8 Å². The third kappa shape index (κ3) is 4.98. The van der Waals surface area contributed by atoms with Crippen LogP contribution in [-0.2, 0) is 26.5 Å². The number of halogens is 2. The van der Waals surface area contributed by atoms with E-state index in [1.165, 1.54) is 0 Å². The highest BCUT2D eigenvalue weighted by Gasteiger charge is 2.67.